The van der Waals surface area contributed by atoms with Crippen LogP contribution < -0.4 is 4.74 Å². The SMILES string of the molecule is O=[N+]([O-])c1cccc(COc2ccc(/C=C\C(O)CN3CCOCC3)cc2)c1. The van der Waals surface area contributed by atoms with E-state index in [-0.39, 0.29) is 12.3 Å². The van der Waals surface area contributed by atoms with Crippen molar-refractivity contribution in [1.82, 2.24) is 4.90 Å². The number of non-ortho nitro benzene ring substituents is 1. The summed E-state index contributed by atoms with van der Waals surface area (Å²) >= 11 is 0. The number of nitro benzene ring substituents is 1. The van der Waals surface area contributed by atoms with Crippen LogP contribution in [0.5, 0.6) is 5.75 Å². The predicted molar refractivity (Wildman–Crippen MR) is 106 cm³/mol. The molecule has 1 heterocycles. The van der Waals surface area contributed by atoms with E-state index in [2.05, 4.69) is 4.90 Å². The topological polar surface area (TPSA) is 85.1 Å². The highest BCUT2D eigenvalue weighted by molar-refractivity contribution is 5.51. The molecule has 0 radical (unpaired) electrons. The predicted octanol–water partition coefficient (Wildman–Crippen LogP) is 2.88. The van der Waals surface area contributed by atoms with E-state index < -0.39 is 11.0 Å². The van der Waals surface area contributed by atoms with Crippen molar-refractivity contribution in [2.45, 2.75) is 12.7 Å². The van der Waals surface area contributed by atoms with Crippen molar-refractivity contribution in [2.75, 3.05) is 32.8 Å². The first-order valence-corrected chi connectivity index (χ1v) is 9.23. The fourth-order valence-corrected chi connectivity index (χ4v) is 2.93. The first-order valence-electron chi connectivity index (χ1n) is 9.23. The zero-order valence-electron chi connectivity index (χ0n) is 15.6. The molecule has 1 N–H and O–H groups in total. The van der Waals surface area contributed by atoms with Gasteiger partial charge in [-0.1, -0.05) is 36.4 Å². The molecule has 1 fully saturated rings. The van der Waals surface area contributed by atoms with E-state index in [1.165, 1.54) is 12.1 Å². The minimum Gasteiger partial charge on any atom is -0.489 e. The van der Waals surface area contributed by atoms with Gasteiger partial charge in [0.1, 0.15) is 12.4 Å². The van der Waals surface area contributed by atoms with Crippen molar-refractivity contribution in [3.05, 3.63) is 75.8 Å². The summed E-state index contributed by atoms with van der Waals surface area (Å²) in [5.74, 6) is 0.678. The average Bonchev–Trinajstić information content (AvgIpc) is 2.72. The van der Waals surface area contributed by atoms with Gasteiger partial charge in [0.2, 0.25) is 0 Å². The van der Waals surface area contributed by atoms with Crippen molar-refractivity contribution in [3.8, 4) is 5.75 Å². The number of ether oxygens (including phenoxy) is 2. The molecule has 7 heteroatoms. The van der Waals surface area contributed by atoms with Gasteiger partial charge in [-0.05, 0) is 23.3 Å². The van der Waals surface area contributed by atoms with E-state index in [9.17, 15) is 15.2 Å². The molecule has 28 heavy (non-hydrogen) atoms. The second-order valence-electron chi connectivity index (χ2n) is 6.62. The maximum Gasteiger partial charge on any atom is 0.269 e. The van der Waals surface area contributed by atoms with Gasteiger partial charge in [-0.2, -0.15) is 0 Å². The number of morpholine rings is 1. The van der Waals surface area contributed by atoms with Crippen LogP contribution in [0.15, 0.2) is 54.6 Å². The Balaban J connectivity index is 1.49. The highest BCUT2D eigenvalue weighted by Gasteiger charge is 2.12. The number of hydrogen-bond acceptors (Lipinski definition) is 6. The molecule has 148 valence electrons. The van der Waals surface area contributed by atoms with Crippen molar-refractivity contribution >= 4 is 11.8 Å². The van der Waals surface area contributed by atoms with Crippen LogP contribution in [0, 0.1) is 10.1 Å². The lowest BCUT2D eigenvalue weighted by atomic mass is 10.1. The zero-order chi connectivity index (χ0) is 19.8. The van der Waals surface area contributed by atoms with Gasteiger partial charge in [0, 0.05) is 31.8 Å². The lowest BCUT2D eigenvalue weighted by molar-refractivity contribution is -0.384. The smallest absolute Gasteiger partial charge is 0.269 e. The summed E-state index contributed by atoms with van der Waals surface area (Å²) in [5, 5.41) is 21.0. The molecule has 0 saturated carbocycles. The largest absolute Gasteiger partial charge is 0.489 e. The Morgan fingerprint density at radius 1 is 1.21 bits per heavy atom. The van der Waals surface area contributed by atoms with Crippen LogP contribution in [0.3, 0.4) is 0 Å². The summed E-state index contributed by atoms with van der Waals surface area (Å²) < 4.78 is 11.0. The molecule has 1 aliphatic heterocycles. The van der Waals surface area contributed by atoms with Crippen LogP contribution in [-0.2, 0) is 11.3 Å². The van der Waals surface area contributed by atoms with E-state index in [1.807, 2.05) is 30.3 Å². The Hall–Kier alpha value is -2.74. The Kier molecular flexibility index (Phi) is 7.13. The minimum absolute atomic E-state index is 0.0530. The highest BCUT2D eigenvalue weighted by Crippen LogP contribution is 2.18. The molecule has 1 atom stereocenters. The molecule has 7 nitrogen and oxygen atoms in total. The zero-order valence-corrected chi connectivity index (χ0v) is 15.6. The number of benzene rings is 2. The van der Waals surface area contributed by atoms with Crippen LogP contribution in [0.25, 0.3) is 6.08 Å². The molecule has 0 spiro atoms. The second-order valence-corrected chi connectivity index (χ2v) is 6.62. The molecule has 0 aliphatic carbocycles. The summed E-state index contributed by atoms with van der Waals surface area (Å²) in [5.41, 5.74) is 1.75. The van der Waals surface area contributed by atoms with Crippen LogP contribution in [0.1, 0.15) is 11.1 Å². The van der Waals surface area contributed by atoms with Gasteiger partial charge in [0.15, 0.2) is 0 Å². The van der Waals surface area contributed by atoms with Crippen molar-refractivity contribution in [2.24, 2.45) is 0 Å². The monoisotopic (exact) mass is 384 g/mol. The van der Waals surface area contributed by atoms with E-state index in [1.54, 1.807) is 18.2 Å². The lowest BCUT2D eigenvalue weighted by Crippen LogP contribution is -2.40. The molecular formula is C21H24N2O5. The first-order chi connectivity index (χ1) is 13.6. The summed E-state index contributed by atoms with van der Waals surface area (Å²) in [6, 6.07) is 13.9. The van der Waals surface area contributed by atoms with Crippen LogP contribution in [0.2, 0.25) is 0 Å². The van der Waals surface area contributed by atoms with Crippen LogP contribution >= 0.6 is 0 Å². The third-order valence-corrected chi connectivity index (χ3v) is 4.47. The first kappa shape index (κ1) is 20.0. The Morgan fingerprint density at radius 2 is 1.96 bits per heavy atom. The number of β-amino-alcohol motifs (C(OH)–C–C–N with tert-alkyl or cyclic N) is 1. The second kappa shape index (κ2) is 9.98. The maximum absolute atomic E-state index is 10.8. The summed E-state index contributed by atoms with van der Waals surface area (Å²) in [6.45, 7) is 3.99. The number of hydrogen-bond donors (Lipinski definition) is 1. The molecule has 2 aromatic carbocycles. The molecule has 1 saturated heterocycles. The van der Waals surface area contributed by atoms with Gasteiger partial charge < -0.3 is 14.6 Å². The average molecular weight is 384 g/mol. The number of aliphatic hydroxyl groups is 1. The summed E-state index contributed by atoms with van der Waals surface area (Å²) in [7, 11) is 0. The van der Waals surface area contributed by atoms with E-state index in [4.69, 9.17) is 9.47 Å². The van der Waals surface area contributed by atoms with Gasteiger partial charge in [-0.3, -0.25) is 15.0 Å². The fourth-order valence-electron chi connectivity index (χ4n) is 2.93. The van der Waals surface area contributed by atoms with Crippen LogP contribution in [0.4, 0.5) is 5.69 Å². The summed E-state index contributed by atoms with van der Waals surface area (Å²) in [4.78, 5) is 12.6. The molecule has 1 unspecified atom stereocenters. The Labute approximate surface area is 164 Å². The number of aliphatic hydroxyl groups excluding tert-OH is 1. The molecule has 1 aliphatic rings. The molecule has 0 amide bonds. The number of rotatable bonds is 8. The highest BCUT2D eigenvalue weighted by atomic mass is 16.6. The van der Waals surface area contributed by atoms with E-state index >= 15 is 0 Å². The minimum atomic E-state index is -0.525. The lowest BCUT2D eigenvalue weighted by Gasteiger charge is -2.27. The van der Waals surface area contributed by atoms with Gasteiger partial charge in [0.25, 0.3) is 5.69 Å². The third kappa shape index (κ3) is 6.16. The maximum atomic E-state index is 10.8. The van der Waals surface area contributed by atoms with Gasteiger partial charge >= 0.3 is 0 Å². The molecule has 2 aromatic rings. The standard InChI is InChI=1S/C21H24N2O5/c24-20(15-22-10-12-27-13-11-22)7-4-17-5-8-21(9-6-17)28-16-18-2-1-3-19(14-18)23(25)26/h1-9,14,20,24H,10-13,15-16H2/b7-4-. The van der Waals surface area contributed by atoms with Gasteiger partial charge in [0.05, 0.1) is 24.2 Å². The molecule has 3 rings (SSSR count). The van der Waals surface area contributed by atoms with E-state index in [0.29, 0.717) is 25.5 Å². The molecule has 0 bridgehead atoms. The quantitative estimate of drug-likeness (QED) is 0.556. The summed E-state index contributed by atoms with van der Waals surface area (Å²) in [6.07, 6.45) is 3.15. The van der Waals surface area contributed by atoms with Gasteiger partial charge in [-0.25, -0.2) is 0 Å². The Morgan fingerprint density at radius 3 is 2.68 bits per heavy atom. The van der Waals surface area contributed by atoms with Crippen molar-refractivity contribution in [1.29, 1.82) is 0 Å². The van der Waals surface area contributed by atoms with Gasteiger partial charge in [-0.15, -0.1) is 0 Å². The fraction of sp³-hybridized carbons (Fsp3) is 0.333. The van der Waals surface area contributed by atoms with Crippen LogP contribution in [-0.4, -0.2) is 53.9 Å². The van der Waals surface area contributed by atoms with E-state index in [0.717, 1.165) is 24.2 Å². The molecular weight excluding hydrogens is 360 g/mol. The normalized spacial score (nSPS) is 16.2. The number of nitro groups is 1. The Bertz CT molecular complexity index is 801. The van der Waals surface area contributed by atoms with Crippen molar-refractivity contribution < 1.29 is 19.5 Å². The third-order valence-electron chi connectivity index (χ3n) is 4.47. The number of nitrogens with zero attached hydrogens (tertiary/aromatic N) is 2. The van der Waals surface area contributed by atoms with Crippen molar-refractivity contribution in [3.63, 3.8) is 0 Å². The molecule has 0 aromatic heterocycles.